The van der Waals surface area contributed by atoms with Crippen molar-refractivity contribution in [2.75, 3.05) is 38.7 Å². The van der Waals surface area contributed by atoms with Crippen LogP contribution in [0.3, 0.4) is 0 Å². The van der Waals surface area contributed by atoms with Gasteiger partial charge in [0.15, 0.2) is 26.2 Å². The van der Waals surface area contributed by atoms with Crippen molar-refractivity contribution in [3.63, 3.8) is 0 Å². The molecule has 0 radical (unpaired) electrons. The minimum Gasteiger partial charge on any atom is -0.444 e. The zero-order chi connectivity index (χ0) is 44.7. The number of amides is 2. The quantitative estimate of drug-likeness (QED) is 0.163. The Kier molecular flexibility index (Phi) is 12.5. The van der Waals surface area contributed by atoms with Crippen LogP contribution in [-0.4, -0.2) is 129 Å². The zero-order valence-corrected chi connectivity index (χ0v) is 38.7. The van der Waals surface area contributed by atoms with Crippen molar-refractivity contribution in [3.8, 4) is 22.5 Å². The first-order valence-electron chi connectivity index (χ1n) is 20.6. The third kappa shape index (κ3) is 10.1. The molecule has 0 saturated carbocycles. The summed E-state index contributed by atoms with van der Waals surface area (Å²) < 4.78 is 43.5. The highest BCUT2D eigenvalue weighted by Crippen LogP contribution is 2.33. The number of carbonyl (C=O) groups excluding carboxylic acids is 2. The maximum Gasteiger partial charge on any atom is 0.410 e. The fourth-order valence-electron chi connectivity index (χ4n) is 7.69. The van der Waals surface area contributed by atoms with Crippen LogP contribution in [0, 0.1) is 0 Å². The predicted molar refractivity (Wildman–Crippen MR) is 235 cm³/mol. The highest BCUT2D eigenvalue weighted by Gasteiger charge is 2.32. The molecule has 8 rings (SSSR count). The lowest BCUT2D eigenvalue weighted by molar-refractivity contribution is 0.0187. The van der Waals surface area contributed by atoms with Gasteiger partial charge in [0.2, 0.25) is 0 Å². The number of carbonyl (C=O) groups is 2. The Labute approximate surface area is 366 Å². The van der Waals surface area contributed by atoms with Crippen molar-refractivity contribution < 1.29 is 27.5 Å². The average Bonchev–Trinajstić information content (AvgIpc) is 4.02. The van der Waals surface area contributed by atoms with Crippen molar-refractivity contribution in [3.05, 3.63) is 61.0 Å². The number of imidazole rings is 2. The molecular formula is C42H56N12O6S2. The number of aryl methyl sites for hydroxylation is 2. The molecule has 2 aliphatic rings. The Bertz CT molecular complexity index is 2710. The Balaban J connectivity index is 0.000000187. The fraction of sp³-hybridized carbons (Fsp3) is 0.524. The summed E-state index contributed by atoms with van der Waals surface area (Å²) in [6.07, 6.45) is 20.7. The largest absolute Gasteiger partial charge is 0.444 e. The minimum absolute atomic E-state index is 0.0699. The van der Waals surface area contributed by atoms with Gasteiger partial charge in [-0.2, -0.15) is 10.2 Å². The number of piperidine rings is 2. The van der Waals surface area contributed by atoms with Crippen LogP contribution >= 0.6 is 11.8 Å². The lowest BCUT2D eigenvalue weighted by Gasteiger charge is -2.34. The molecule has 0 N–H and O–H groups in total. The molecule has 0 aliphatic carbocycles. The van der Waals surface area contributed by atoms with Gasteiger partial charge < -0.3 is 19.3 Å². The van der Waals surface area contributed by atoms with E-state index in [1.807, 2.05) is 92.9 Å². The van der Waals surface area contributed by atoms with Crippen LogP contribution in [0.4, 0.5) is 9.59 Å². The lowest BCUT2D eigenvalue weighted by Crippen LogP contribution is -2.42. The average molecular weight is 889 g/mol. The molecule has 20 heteroatoms. The first-order chi connectivity index (χ1) is 29.2. The number of sulfone groups is 1. The second kappa shape index (κ2) is 17.3. The number of rotatable bonds is 6. The molecule has 6 aromatic rings. The van der Waals surface area contributed by atoms with Gasteiger partial charge in [-0.05, 0) is 73.5 Å². The van der Waals surface area contributed by atoms with Crippen molar-refractivity contribution >= 4 is 45.1 Å². The van der Waals surface area contributed by atoms with E-state index in [4.69, 9.17) is 14.5 Å². The van der Waals surface area contributed by atoms with Crippen LogP contribution < -0.4 is 0 Å². The van der Waals surface area contributed by atoms with Gasteiger partial charge in [-0.3, -0.25) is 18.2 Å². The van der Waals surface area contributed by atoms with Crippen molar-refractivity contribution in [1.29, 1.82) is 0 Å². The molecule has 62 heavy (non-hydrogen) atoms. The molecule has 332 valence electrons. The van der Waals surface area contributed by atoms with E-state index in [0.29, 0.717) is 25.3 Å². The Hall–Kier alpha value is -5.50. The van der Waals surface area contributed by atoms with E-state index < -0.39 is 21.0 Å². The van der Waals surface area contributed by atoms with Gasteiger partial charge in [0.25, 0.3) is 0 Å². The smallest absolute Gasteiger partial charge is 0.410 e. The molecule has 2 unspecified atom stereocenters. The summed E-state index contributed by atoms with van der Waals surface area (Å²) in [5, 5.41) is 9.31. The summed E-state index contributed by atoms with van der Waals surface area (Å²) >= 11 is 1.58. The zero-order valence-electron chi connectivity index (χ0n) is 37.1. The molecule has 2 amide bonds. The first-order valence-corrected chi connectivity index (χ1v) is 23.7. The Morgan fingerprint density at radius 1 is 0.694 bits per heavy atom. The first kappa shape index (κ1) is 44.6. The van der Waals surface area contributed by atoms with E-state index >= 15 is 0 Å². The van der Waals surface area contributed by atoms with Crippen molar-refractivity contribution in [2.45, 2.75) is 100 Å². The van der Waals surface area contributed by atoms with Crippen LogP contribution in [0.15, 0.2) is 59.6 Å². The fourth-order valence-corrected chi connectivity index (χ4v) is 8.98. The highest BCUT2D eigenvalue weighted by molar-refractivity contribution is 7.98. The van der Waals surface area contributed by atoms with Crippen LogP contribution in [0.25, 0.3) is 33.8 Å². The summed E-state index contributed by atoms with van der Waals surface area (Å²) in [7, 11) is 0.0889. The molecule has 6 aromatic heterocycles. The molecule has 2 atom stereocenters. The van der Waals surface area contributed by atoms with Crippen LogP contribution in [-0.2, 0) is 33.4 Å². The molecule has 2 aliphatic heterocycles. The van der Waals surface area contributed by atoms with Gasteiger partial charge >= 0.3 is 12.2 Å². The van der Waals surface area contributed by atoms with Crippen molar-refractivity contribution in [1.82, 2.24) is 58.1 Å². The monoisotopic (exact) mass is 888 g/mol. The summed E-state index contributed by atoms with van der Waals surface area (Å²) in [5.41, 5.74) is 5.14. The third-order valence-electron chi connectivity index (χ3n) is 10.5. The van der Waals surface area contributed by atoms with E-state index in [1.165, 1.54) is 0 Å². The topological polar surface area (TPSA) is 189 Å². The number of likely N-dealkylation sites (tertiary alicyclic amines) is 2. The number of thioether (sulfide) groups is 1. The molecule has 2 fully saturated rings. The molecule has 0 aromatic carbocycles. The maximum atomic E-state index is 12.6. The van der Waals surface area contributed by atoms with Crippen LogP contribution in [0.5, 0.6) is 0 Å². The molecule has 0 spiro atoms. The van der Waals surface area contributed by atoms with E-state index in [9.17, 15) is 18.0 Å². The van der Waals surface area contributed by atoms with Gasteiger partial charge in [-0.25, -0.2) is 37.9 Å². The number of nitrogens with zero attached hydrogens (tertiary/aromatic N) is 12. The van der Waals surface area contributed by atoms with E-state index in [-0.39, 0.29) is 34.7 Å². The van der Waals surface area contributed by atoms with E-state index in [2.05, 4.69) is 35.7 Å². The van der Waals surface area contributed by atoms with E-state index in [0.717, 1.165) is 77.4 Å². The van der Waals surface area contributed by atoms with Gasteiger partial charge in [-0.15, -0.1) is 11.8 Å². The molecule has 18 nitrogen and oxygen atoms in total. The predicted octanol–water partition coefficient (Wildman–Crippen LogP) is 6.61. The van der Waals surface area contributed by atoms with Gasteiger partial charge in [-0.1, -0.05) is 0 Å². The molecule has 0 bridgehead atoms. The van der Waals surface area contributed by atoms with Gasteiger partial charge in [0.1, 0.15) is 16.2 Å². The number of aromatic nitrogens is 10. The molecule has 2 saturated heterocycles. The Morgan fingerprint density at radius 2 is 1.15 bits per heavy atom. The maximum absolute atomic E-state index is 12.6. The van der Waals surface area contributed by atoms with Gasteiger partial charge in [0, 0.05) is 94.3 Å². The number of fused-ring (bicyclic) bond motifs is 2. The third-order valence-corrected chi connectivity index (χ3v) is 12.1. The molecule has 8 heterocycles. The summed E-state index contributed by atoms with van der Waals surface area (Å²) in [6, 6.07) is 0. The summed E-state index contributed by atoms with van der Waals surface area (Å²) in [6.45, 7) is 13.5. The standard InChI is InChI=1S/C21H28N6O4S.C21H28N6O2S/c1-21(2,3)31-20(28)26-8-6-7-14(12-26)16-13-27-17(15-9-23-25(4)11-15)10-22-18(27)19(24-16)32(5,29)30;1-21(2,3)29-20(28)26-8-6-7-14(12-26)16-13-27-17(15-9-23-25(4)11-15)10-22-18(27)19(24-16)30-5/h9-11,13-14H,6-8,12H2,1-5H3;9-11,13-14H,6-8,12H2,1-5H3. The highest BCUT2D eigenvalue weighted by atomic mass is 32.2. The van der Waals surface area contributed by atoms with E-state index in [1.54, 1.807) is 47.7 Å². The number of hydrogen-bond donors (Lipinski definition) is 0. The number of hydrogen-bond acceptors (Lipinski definition) is 13. The van der Waals surface area contributed by atoms with Crippen LogP contribution in [0.1, 0.15) is 90.4 Å². The SMILES string of the molecule is CSc1nc(C2CCCN(C(=O)OC(C)(C)C)C2)cn2c(-c3cnn(C)c3)cnc12.Cn1cc(-c2cnc3c(S(C)(=O)=O)nc(C4CCCN(C(=O)OC(C)(C)C)C4)cn23)cn1. The van der Waals surface area contributed by atoms with Crippen molar-refractivity contribution in [2.24, 2.45) is 14.1 Å². The minimum atomic E-state index is -3.63. The summed E-state index contributed by atoms with van der Waals surface area (Å²) in [5.74, 6) is 0.0380. The second-order valence-electron chi connectivity index (χ2n) is 17.9. The van der Waals surface area contributed by atoms with Crippen LogP contribution in [0.2, 0.25) is 0 Å². The number of ether oxygens (including phenoxy) is 2. The normalized spacial score (nSPS) is 17.6. The van der Waals surface area contributed by atoms with Gasteiger partial charge in [0.05, 0.1) is 47.6 Å². The lowest BCUT2D eigenvalue weighted by atomic mass is 9.95. The molecular weight excluding hydrogens is 833 g/mol. The Morgan fingerprint density at radius 3 is 1.56 bits per heavy atom. The second-order valence-corrected chi connectivity index (χ2v) is 20.7. The summed E-state index contributed by atoms with van der Waals surface area (Å²) in [4.78, 5) is 47.0.